The van der Waals surface area contributed by atoms with E-state index in [4.69, 9.17) is 10.4 Å². The van der Waals surface area contributed by atoms with Crippen LogP contribution in [0.25, 0.3) is 0 Å². The Morgan fingerprint density at radius 2 is 2.24 bits per heavy atom. The fourth-order valence-electron chi connectivity index (χ4n) is 1.95. The summed E-state index contributed by atoms with van der Waals surface area (Å²) in [7, 11) is 0. The molecule has 0 spiro atoms. The Kier molecular flexibility index (Phi) is 2.98. The SMILES string of the molecule is N#Cc1ccccc1NC1(CC(=O)O)CNC1. The van der Waals surface area contributed by atoms with Crippen LogP contribution >= 0.6 is 0 Å². The van der Waals surface area contributed by atoms with Crippen LogP contribution in [0.5, 0.6) is 0 Å². The van der Waals surface area contributed by atoms with Crippen molar-refractivity contribution in [2.24, 2.45) is 0 Å². The molecule has 1 aliphatic rings. The molecule has 88 valence electrons. The number of carboxylic acid groups (broad SMARTS) is 1. The zero-order chi connectivity index (χ0) is 12.3. The van der Waals surface area contributed by atoms with Gasteiger partial charge in [0.25, 0.3) is 0 Å². The van der Waals surface area contributed by atoms with Crippen LogP contribution in [0, 0.1) is 11.3 Å². The molecule has 0 radical (unpaired) electrons. The molecule has 0 amide bonds. The number of hydrogen-bond acceptors (Lipinski definition) is 4. The maximum atomic E-state index is 10.8. The Labute approximate surface area is 99.1 Å². The smallest absolute Gasteiger partial charge is 0.305 e. The first-order valence-electron chi connectivity index (χ1n) is 5.35. The minimum absolute atomic E-state index is 0.0414. The Morgan fingerprint density at radius 3 is 2.76 bits per heavy atom. The summed E-state index contributed by atoms with van der Waals surface area (Å²) in [5.74, 6) is -0.839. The zero-order valence-electron chi connectivity index (χ0n) is 9.23. The third-order valence-electron chi connectivity index (χ3n) is 2.86. The Bertz CT molecular complexity index is 475. The maximum absolute atomic E-state index is 10.8. The molecule has 1 fully saturated rings. The summed E-state index contributed by atoms with van der Waals surface area (Å²) in [4.78, 5) is 10.8. The highest BCUT2D eigenvalue weighted by Crippen LogP contribution is 2.25. The monoisotopic (exact) mass is 231 g/mol. The van der Waals surface area contributed by atoms with Gasteiger partial charge in [-0.1, -0.05) is 12.1 Å². The lowest BCUT2D eigenvalue weighted by molar-refractivity contribution is -0.138. The van der Waals surface area contributed by atoms with Crippen LogP contribution in [0.2, 0.25) is 0 Å². The van der Waals surface area contributed by atoms with Crippen LogP contribution in [0.15, 0.2) is 24.3 Å². The standard InChI is InChI=1S/C12H13N3O2/c13-6-9-3-1-2-4-10(9)15-12(5-11(16)17)7-14-8-12/h1-4,14-15H,5,7-8H2,(H,16,17). The van der Waals surface area contributed by atoms with Crippen molar-refractivity contribution in [2.45, 2.75) is 12.0 Å². The number of para-hydroxylation sites is 1. The quantitative estimate of drug-likeness (QED) is 0.713. The van der Waals surface area contributed by atoms with E-state index in [9.17, 15) is 4.79 Å². The molecule has 5 heteroatoms. The molecule has 1 aromatic rings. The number of hydrogen-bond donors (Lipinski definition) is 3. The number of nitrogens with one attached hydrogen (secondary N) is 2. The molecule has 1 saturated heterocycles. The lowest BCUT2D eigenvalue weighted by atomic mass is 9.88. The molecule has 2 rings (SSSR count). The topological polar surface area (TPSA) is 85.2 Å². The van der Waals surface area contributed by atoms with Gasteiger partial charge in [0.15, 0.2) is 0 Å². The van der Waals surface area contributed by atoms with E-state index in [1.54, 1.807) is 18.2 Å². The predicted octanol–water partition coefficient (Wildman–Crippen LogP) is 0.787. The van der Waals surface area contributed by atoms with Gasteiger partial charge in [0.05, 0.1) is 23.2 Å². The van der Waals surface area contributed by atoms with Gasteiger partial charge in [0.2, 0.25) is 0 Å². The fraction of sp³-hybridized carbons (Fsp3) is 0.333. The average Bonchev–Trinajstić information content (AvgIpc) is 2.26. The molecule has 0 aromatic heterocycles. The number of nitrogens with zero attached hydrogens (tertiary/aromatic N) is 1. The van der Waals surface area contributed by atoms with Gasteiger partial charge in [-0.2, -0.15) is 5.26 Å². The minimum Gasteiger partial charge on any atom is -0.481 e. The Hall–Kier alpha value is -2.06. The zero-order valence-corrected chi connectivity index (χ0v) is 9.23. The van der Waals surface area contributed by atoms with Gasteiger partial charge < -0.3 is 15.7 Å². The molecular weight excluding hydrogens is 218 g/mol. The molecule has 0 bridgehead atoms. The van der Waals surface area contributed by atoms with Crippen LogP contribution in [0.3, 0.4) is 0 Å². The van der Waals surface area contributed by atoms with Crippen molar-refractivity contribution in [1.29, 1.82) is 5.26 Å². The average molecular weight is 231 g/mol. The second kappa shape index (κ2) is 4.44. The van der Waals surface area contributed by atoms with E-state index in [-0.39, 0.29) is 6.42 Å². The van der Waals surface area contributed by atoms with Crippen molar-refractivity contribution in [3.05, 3.63) is 29.8 Å². The summed E-state index contributed by atoms with van der Waals surface area (Å²) in [6, 6.07) is 9.20. The van der Waals surface area contributed by atoms with E-state index in [1.807, 2.05) is 6.07 Å². The van der Waals surface area contributed by atoms with Crippen molar-refractivity contribution in [2.75, 3.05) is 18.4 Å². The van der Waals surface area contributed by atoms with Crippen molar-refractivity contribution in [3.8, 4) is 6.07 Å². The van der Waals surface area contributed by atoms with Crippen molar-refractivity contribution in [1.82, 2.24) is 5.32 Å². The molecule has 0 saturated carbocycles. The first kappa shape index (κ1) is 11.4. The third-order valence-corrected chi connectivity index (χ3v) is 2.86. The second-order valence-corrected chi connectivity index (χ2v) is 4.24. The van der Waals surface area contributed by atoms with E-state index >= 15 is 0 Å². The summed E-state index contributed by atoms with van der Waals surface area (Å²) >= 11 is 0. The summed E-state index contributed by atoms with van der Waals surface area (Å²) in [6.07, 6.45) is 0.0414. The number of aliphatic carboxylic acids is 1. The predicted molar refractivity (Wildman–Crippen MR) is 62.6 cm³/mol. The van der Waals surface area contributed by atoms with E-state index in [1.165, 1.54) is 0 Å². The van der Waals surface area contributed by atoms with E-state index < -0.39 is 11.5 Å². The van der Waals surface area contributed by atoms with Crippen LogP contribution in [0.1, 0.15) is 12.0 Å². The number of carbonyl (C=O) groups is 1. The largest absolute Gasteiger partial charge is 0.481 e. The lowest BCUT2D eigenvalue weighted by Gasteiger charge is -2.43. The summed E-state index contributed by atoms with van der Waals surface area (Å²) < 4.78 is 0. The molecule has 5 nitrogen and oxygen atoms in total. The highest BCUT2D eigenvalue weighted by molar-refractivity contribution is 5.71. The molecule has 3 N–H and O–H groups in total. The summed E-state index contributed by atoms with van der Waals surface area (Å²) in [5, 5.41) is 24.1. The summed E-state index contributed by atoms with van der Waals surface area (Å²) in [6.45, 7) is 1.19. The van der Waals surface area contributed by atoms with Crippen molar-refractivity contribution in [3.63, 3.8) is 0 Å². The first-order valence-corrected chi connectivity index (χ1v) is 5.35. The number of benzene rings is 1. The molecule has 1 aliphatic heterocycles. The van der Waals surface area contributed by atoms with Crippen LogP contribution in [-0.2, 0) is 4.79 Å². The second-order valence-electron chi connectivity index (χ2n) is 4.24. The number of nitriles is 1. The fourth-order valence-corrected chi connectivity index (χ4v) is 1.95. The minimum atomic E-state index is -0.839. The van der Waals surface area contributed by atoms with Gasteiger partial charge >= 0.3 is 5.97 Å². The van der Waals surface area contributed by atoms with Gasteiger partial charge in [-0.15, -0.1) is 0 Å². The Balaban J connectivity index is 2.19. The molecular formula is C12H13N3O2. The molecule has 0 atom stereocenters. The van der Waals surface area contributed by atoms with E-state index in [0.717, 1.165) is 0 Å². The van der Waals surface area contributed by atoms with Crippen molar-refractivity contribution < 1.29 is 9.90 Å². The van der Waals surface area contributed by atoms with Crippen LogP contribution in [-0.4, -0.2) is 29.7 Å². The maximum Gasteiger partial charge on any atom is 0.305 e. The van der Waals surface area contributed by atoms with Gasteiger partial charge in [-0.25, -0.2) is 0 Å². The van der Waals surface area contributed by atoms with E-state index in [0.29, 0.717) is 24.3 Å². The van der Waals surface area contributed by atoms with E-state index in [2.05, 4.69) is 16.7 Å². The van der Waals surface area contributed by atoms with Gasteiger partial charge in [0, 0.05) is 13.1 Å². The highest BCUT2D eigenvalue weighted by atomic mass is 16.4. The Morgan fingerprint density at radius 1 is 1.53 bits per heavy atom. The molecule has 1 heterocycles. The third kappa shape index (κ3) is 2.37. The van der Waals surface area contributed by atoms with Gasteiger partial charge in [-0.05, 0) is 12.1 Å². The number of carboxylic acids is 1. The number of anilines is 1. The van der Waals surface area contributed by atoms with Crippen molar-refractivity contribution >= 4 is 11.7 Å². The lowest BCUT2D eigenvalue weighted by Crippen LogP contribution is -2.65. The van der Waals surface area contributed by atoms with Gasteiger partial charge in [-0.3, -0.25) is 4.79 Å². The first-order chi connectivity index (χ1) is 8.15. The van der Waals surface area contributed by atoms with Crippen LogP contribution in [0.4, 0.5) is 5.69 Å². The number of rotatable bonds is 4. The molecule has 17 heavy (non-hydrogen) atoms. The highest BCUT2D eigenvalue weighted by Gasteiger charge is 2.39. The molecule has 0 aliphatic carbocycles. The van der Waals surface area contributed by atoms with Crippen LogP contribution < -0.4 is 10.6 Å². The summed E-state index contributed by atoms with van der Waals surface area (Å²) in [5.41, 5.74) is 0.751. The molecule has 1 aromatic carbocycles. The normalized spacial score (nSPS) is 16.6. The molecule has 0 unspecified atom stereocenters. The van der Waals surface area contributed by atoms with Gasteiger partial charge in [0.1, 0.15) is 6.07 Å².